The van der Waals surface area contributed by atoms with Crippen molar-refractivity contribution in [1.82, 2.24) is 10.2 Å². The van der Waals surface area contributed by atoms with Gasteiger partial charge in [0.25, 0.3) is 11.6 Å². The van der Waals surface area contributed by atoms with E-state index in [4.69, 9.17) is 4.74 Å². The van der Waals surface area contributed by atoms with E-state index in [1.54, 1.807) is 14.0 Å². The molecule has 0 saturated carbocycles. The number of hydrogen-bond donors (Lipinski definition) is 2. The second-order valence-corrected chi connectivity index (χ2v) is 7.36. The molecule has 0 aliphatic carbocycles. The summed E-state index contributed by atoms with van der Waals surface area (Å²) in [7, 11) is 1.58. The molecule has 162 valence electrons. The molecule has 1 heterocycles. The zero-order valence-corrected chi connectivity index (χ0v) is 17.1. The van der Waals surface area contributed by atoms with E-state index in [0.29, 0.717) is 12.8 Å². The van der Waals surface area contributed by atoms with Crippen molar-refractivity contribution in [2.75, 3.05) is 19.0 Å². The molecule has 0 aromatic heterocycles. The maximum Gasteiger partial charge on any atom is 0.325 e. The molecule has 1 unspecified atom stereocenters. The molecular weight excluding hydrogens is 404 g/mol. The summed E-state index contributed by atoms with van der Waals surface area (Å²) in [5.74, 6) is -0.412. The minimum atomic E-state index is -1.14. The van der Waals surface area contributed by atoms with Gasteiger partial charge in [-0.05, 0) is 43.5 Å². The highest BCUT2D eigenvalue weighted by molar-refractivity contribution is 6.09. The molecule has 10 nitrogen and oxygen atoms in total. The van der Waals surface area contributed by atoms with Crippen molar-refractivity contribution in [2.45, 2.75) is 25.3 Å². The molecule has 2 aromatic carbocycles. The highest BCUT2D eigenvalue weighted by Gasteiger charge is 2.47. The van der Waals surface area contributed by atoms with Gasteiger partial charge >= 0.3 is 6.03 Å². The summed E-state index contributed by atoms with van der Waals surface area (Å²) in [6.07, 6.45) is 0.896. The van der Waals surface area contributed by atoms with E-state index in [2.05, 4.69) is 10.6 Å². The lowest BCUT2D eigenvalue weighted by molar-refractivity contribution is -0.384. The highest BCUT2D eigenvalue weighted by atomic mass is 16.6. The summed E-state index contributed by atoms with van der Waals surface area (Å²) in [5.41, 5.74) is -0.138. The van der Waals surface area contributed by atoms with Gasteiger partial charge in [-0.3, -0.25) is 24.6 Å². The summed E-state index contributed by atoms with van der Waals surface area (Å²) >= 11 is 0. The lowest BCUT2D eigenvalue weighted by Crippen LogP contribution is -2.45. The van der Waals surface area contributed by atoms with Crippen LogP contribution in [0.5, 0.6) is 5.75 Å². The van der Waals surface area contributed by atoms with Crippen molar-refractivity contribution in [2.24, 2.45) is 0 Å². The molecule has 2 aromatic rings. The fraction of sp³-hybridized carbons (Fsp3) is 0.286. The van der Waals surface area contributed by atoms with Gasteiger partial charge in [-0.15, -0.1) is 0 Å². The molecule has 10 heteroatoms. The third-order valence-corrected chi connectivity index (χ3v) is 5.06. The summed E-state index contributed by atoms with van der Waals surface area (Å²) in [5, 5.41) is 16.0. The second kappa shape index (κ2) is 8.82. The topological polar surface area (TPSA) is 131 Å². The molecule has 2 N–H and O–H groups in total. The van der Waals surface area contributed by atoms with Crippen molar-refractivity contribution >= 4 is 29.2 Å². The number of methoxy groups -OCH3 is 1. The van der Waals surface area contributed by atoms with Gasteiger partial charge in [0.15, 0.2) is 0 Å². The summed E-state index contributed by atoms with van der Waals surface area (Å²) < 4.78 is 5.12. The lowest BCUT2D eigenvalue weighted by atomic mass is 9.93. The van der Waals surface area contributed by atoms with E-state index in [-0.39, 0.29) is 11.4 Å². The van der Waals surface area contributed by atoms with Crippen LogP contribution < -0.4 is 15.4 Å². The van der Waals surface area contributed by atoms with E-state index in [9.17, 15) is 24.5 Å². The van der Waals surface area contributed by atoms with Crippen LogP contribution in [0.25, 0.3) is 0 Å². The largest absolute Gasteiger partial charge is 0.497 e. The first-order chi connectivity index (χ1) is 14.7. The van der Waals surface area contributed by atoms with Crippen LogP contribution in [0.1, 0.15) is 18.9 Å². The third kappa shape index (κ3) is 4.97. The molecule has 1 atom stereocenters. The number of nitro benzene ring substituents is 1. The Morgan fingerprint density at radius 1 is 1.23 bits per heavy atom. The number of nitro groups is 1. The molecule has 31 heavy (non-hydrogen) atoms. The van der Waals surface area contributed by atoms with Gasteiger partial charge in [-0.25, -0.2) is 4.79 Å². The van der Waals surface area contributed by atoms with E-state index >= 15 is 0 Å². The van der Waals surface area contributed by atoms with Crippen molar-refractivity contribution in [1.29, 1.82) is 0 Å². The second-order valence-electron chi connectivity index (χ2n) is 7.36. The Kier molecular flexibility index (Phi) is 6.19. The van der Waals surface area contributed by atoms with Crippen LogP contribution in [0.15, 0.2) is 48.5 Å². The van der Waals surface area contributed by atoms with Gasteiger partial charge in [0.1, 0.15) is 17.8 Å². The number of aryl methyl sites for hydroxylation is 1. The zero-order chi connectivity index (χ0) is 22.6. The van der Waals surface area contributed by atoms with E-state index in [1.165, 1.54) is 24.3 Å². The van der Waals surface area contributed by atoms with Crippen molar-refractivity contribution in [3.63, 3.8) is 0 Å². The minimum absolute atomic E-state index is 0.182. The number of nitrogens with zero attached hydrogens (tertiary/aromatic N) is 2. The van der Waals surface area contributed by atoms with Crippen LogP contribution >= 0.6 is 0 Å². The average molecular weight is 426 g/mol. The summed E-state index contributed by atoms with van der Waals surface area (Å²) in [6.45, 7) is 1.13. The fourth-order valence-corrected chi connectivity index (χ4v) is 3.29. The van der Waals surface area contributed by atoms with E-state index in [0.717, 1.165) is 16.2 Å². The van der Waals surface area contributed by atoms with Crippen molar-refractivity contribution in [3.05, 3.63) is 64.2 Å². The lowest BCUT2D eigenvalue weighted by Gasteiger charge is -2.21. The fourth-order valence-electron chi connectivity index (χ4n) is 3.29. The highest BCUT2D eigenvalue weighted by Crippen LogP contribution is 2.24. The van der Waals surface area contributed by atoms with Crippen LogP contribution in [0, 0.1) is 10.1 Å². The van der Waals surface area contributed by atoms with Crippen molar-refractivity contribution < 1.29 is 24.0 Å². The number of imide groups is 1. The molecule has 0 bridgehead atoms. The van der Waals surface area contributed by atoms with Crippen LogP contribution in [0.2, 0.25) is 0 Å². The quantitative estimate of drug-likeness (QED) is 0.379. The van der Waals surface area contributed by atoms with Crippen LogP contribution in [0.3, 0.4) is 0 Å². The molecule has 3 rings (SSSR count). The molecule has 1 fully saturated rings. The Morgan fingerprint density at radius 2 is 1.94 bits per heavy atom. The normalized spacial score (nSPS) is 17.9. The Morgan fingerprint density at radius 3 is 2.58 bits per heavy atom. The first kappa shape index (κ1) is 21.8. The van der Waals surface area contributed by atoms with Crippen LogP contribution in [0.4, 0.5) is 16.2 Å². The maximum absolute atomic E-state index is 12.8. The third-order valence-electron chi connectivity index (χ3n) is 5.06. The number of anilines is 1. The zero-order valence-electron chi connectivity index (χ0n) is 17.1. The number of non-ortho nitro benzene ring substituents is 1. The molecule has 1 saturated heterocycles. The number of urea groups is 1. The van der Waals surface area contributed by atoms with Gasteiger partial charge in [-0.2, -0.15) is 0 Å². The van der Waals surface area contributed by atoms with Gasteiger partial charge in [0, 0.05) is 17.8 Å². The van der Waals surface area contributed by atoms with Crippen molar-refractivity contribution in [3.8, 4) is 5.75 Å². The van der Waals surface area contributed by atoms with E-state index in [1.807, 2.05) is 24.3 Å². The number of carbonyl (C=O) groups is 3. The predicted octanol–water partition coefficient (Wildman–Crippen LogP) is 2.49. The summed E-state index contributed by atoms with van der Waals surface area (Å²) in [6, 6.07) is 12.1. The predicted molar refractivity (Wildman–Crippen MR) is 112 cm³/mol. The first-order valence-corrected chi connectivity index (χ1v) is 9.53. The van der Waals surface area contributed by atoms with Crippen LogP contribution in [-0.2, 0) is 16.0 Å². The molecule has 1 aliphatic heterocycles. The number of hydrogen-bond acceptors (Lipinski definition) is 6. The standard InChI is InChI=1S/C21H22N4O6/c1-21(11-10-14-6-8-17(31-2)9-7-14)19(27)24(20(28)23-21)13-18(26)22-15-4-3-5-16(12-15)25(29)30/h3-9,12H,10-11,13H2,1-2H3,(H,22,26)(H,23,28). The molecular formula is C21H22N4O6. The number of carbonyl (C=O) groups excluding carboxylic acids is 3. The number of nitrogens with one attached hydrogen (secondary N) is 2. The average Bonchev–Trinajstić information content (AvgIpc) is 2.96. The Bertz CT molecular complexity index is 1020. The Labute approximate surface area is 178 Å². The monoisotopic (exact) mass is 426 g/mol. The first-order valence-electron chi connectivity index (χ1n) is 9.53. The van der Waals surface area contributed by atoms with Crippen LogP contribution in [-0.4, -0.2) is 46.9 Å². The number of rotatable bonds is 8. The SMILES string of the molecule is COc1ccc(CCC2(C)NC(=O)N(CC(=O)Nc3cccc([N+](=O)[O-])c3)C2=O)cc1. The number of amides is 4. The van der Waals surface area contributed by atoms with Gasteiger partial charge in [0.05, 0.1) is 12.0 Å². The molecule has 1 aliphatic rings. The Balaban J connectivity index is 1.61. The smallest absolute Gasteiger partial charge is 0.325 e. The Hall–Kier alpha value is -3.95. The summed E-state index contributed by atoms with van der Waals surface area (Å²) in [4.78, 5) is 48.6. The molecule has 0 radical (unpaired) electrons. The number of benzene rings is 2. The minimum Gasteiger partial charge on any atom is -0.497 e. The van der Waals surface area contributed by atoms with Gasteiger partial charge < -0.3 is 15.4 Å². The number of ether oxygens (including phenoxy) is 1. The maximum atomic E-state index is 12.8. The molecule has 4 amide bonds. The van der Waals surface area contributed by atoms with E-state index < -0.39 is 34.9 Å². The van der Waals surface area contributed by atoms with Gasteiger partial charge in [0.2, 0.25) is 5.91 Å². The molecule has 0 spiro atoms. The van der Waals surface area contributed by atoms with Gasteiger partial charge in [-0.1, -0.05) is 18.2 Å².